The van der Waals surface area contributed by atoms with Crippen molar-refractivity contribution in [2.45, 2.75) is 12.8 Å². The van der Waals surface area contributed by atoms with Gasteiger partial charge in [-0.25, -0.2) is 4.79 Å². The molecule has 0 saturated heterocycles. The van der Waals surface area contributed by atoms with Crippen molar-refractivity contribution < 1.29 is 14.3 Å². The number of carbonyl (C=O) groups excluding carboxylic acids is 2. The number of dihydropyridines is 1. The van der Waals surface area contributed by atoms with Crippen molar-refractivity contribution >= 4 is 56.7 Å². The fourth-order valence-electron chi connectivity index (χ4n) is 4.04. The van der Waals surface area contributed by atoms with Gasteiger partial charge < -0.3 is 10.1 Å². The monoisotopic (exact) mass is 592 g/mol. The van der Waals surface area contributed by atoms with Gasteiger partial charge in [0.2, 0.25) is 0 Å². The minimum absolute atomic E-state index is 0.0835. The van der Waals surface area contributed by atoms with Crippen LogP contribution in [-0.4, -0.2) is 24.1 Å². The van der Waals surface area contributed by atoms with E-state index >= 15 is 0 Å². The number of nitrogens with one attached hydrogen (secondary N) is 1. The van der Waals surface area contributed by atoms with E-state index in [0.29, 0.717) is 38.0 Å². The zero-order valence-corrected chi connectivity index (χ0v) is 23.0. The topological polar surface area (TPSA) is 79.2 Å². The molecule has 0 fully saturated rings. The van der Waals surface area contributed by atoms with Crippen LogP contribution in [0.1, 0.15) is 34.3 Å². The summed E-state index contributed by atoms with van der Waals surface area (Å²) in [6.45, 7) is 1.91. The number of thioether (sulfide) groups is 1. The van der Waals surface area contributed by atoms with Crippen molar-refractivity contribution in [3.05, 3.63) is 121 Å². The van der Waals surface area contributed by atoms with Crippen LogP contribution in [0.3, 0.4) is 0 Å². The van der Waals surface area contributed by atoms with Crippen molar-refractivity contribution in [1.29, 1.82) is 5.26 Å². The second-order valence-electron chi connectivity index (χ2n) is 8.03. The third kappa shape index (κ3) is 5.99. The number of ether oxygens (including phenoxy) is 1. The second kappa shape index (κ2) is 12.3. The number of allylic oxidation sites excluding steroid dienone is 1. The Morgan fingerprint density at radius 3 is 2.38 bits per heavy atom. The molecule has 3 aromatic carbocycles. The Kier molecular flexibility index (Phi) is 8.88. The van der Waals surface area contributed by atoms with Gasteiger partial charge in [0.25, 0.3) is 0 Å². The summed E-state index contributed by atoms with van der Waals surface area (Å²) in [5.74, 6) is -1.30. The van der Waals surface area contributed by atoms with E-state index in [2.05, 4.69) is 27.3 Å². The lowest BCUT2D eigenvalue weighted by molar-refractivity contribution is -0.138. The van der Waals surface area contributed by atoms with E-state index in [-0.39, 0.29) is 18.1 Å². The molecule has 3 aromatic rings. The summed E-state index contributed by atoms with van der Waals surface area (Å²) in [6.07, 6.45) is 0. The van der Waals surface area contributed by atoms with Gasteiger partial charge in [-0.15, -0.1) is 0 Å². The standard InChI is InChI=1S/C29H22BrClN2O3S/c1-2-36-29(35)26-25(21-10-6-7-11-23(21)31)22(16-32)28(33-27(26)19-8-4-3-5-9-19)37-17-24(34)18-12-14-20(30)15-13-18/h3-15,25,33H,2,17H2,1H3. The van der Waals surface area contributed by atoms with Crippen LogP contribution in [0.15, 0.2) is 99.5 Å². The summed E-state index contributed by atoms with van der Waals surface area (Å²) >= 11 is 11.2. The number of halogens is 2. The number of nitrogens with zero attached hydrogens (tertiary/aromatic N) is 1. The highest BCUT2D eigenvalue weighted by molar-refractivity contribution is 9.10. The highest BCUT2D eigenvalue weighted by atomic mass is 79.9. The van der Waals surface area contributed by atoms with E-state index < -0.39 is 11.9 Å². The molecule has 1 atom stereocenters. The van der Waals surface area contributed by atoms with Crippen molar-refractivity contribution in [3.63, 3.8) is 0 Å². The normalized spacial score (nSPS) is 15.1. The first kappa shape index (κ1) is 26.7. The van der Waals surface area contributed by atoms with Crippen molar-refractivity contribution in [1.82, 2.24) is 5.32 Å². The average Bonchev–Trinajstić information content (AvgIpc) is 2.92. The zero-order chi connectivity index (χ0) is 26.4. The molecule has 4 rings (SSSR count). The van der Waals surface area contributed by atoms with Gasteiger partial charge in [0, 0.05) is 15.1 Å². The minimum atomic E-state index is -0.778. The molecule has 0 aliphatic carbocycles. The van der Waals surface area contributed by atoms with Crippen molar-refractivity contribution in [2.24, 2.45) is 0 Å². The molecule has 1 heterocycles. The summed E-state index contributed by atoms with van der Waals surface area (Å²) in [5.41, 5.74) is 3.03. The molecule has 0 radical (unpaired) electrons. The molecule has 0 amide bonds. The fraction of sp³-hybridized carbons (Fsp3) is 0.138. The van der Waals surface area contributed by atoms with Crippen LogP contribution in [0.25, 0.3) is 5.70 Å². The molecule has 186 valence electrons. The molecule has 1 aliphatic rings. The number of ketones is 1. The number of Topliss-reactive ketones (excluding diaryl/α,β-unsaturated/α-hetero) is 1. The number of rotatable bonds is 8. The first-order valence-corrected chi connectivity index (χ1v) is 13.6. The molecule has 1 unspecified atom stereocenters. The lowest BCUT2D eigenvalue weighted by Crippen LogP contribution is -2.29. The largest absolute Gasteiger partial charge is 0.463 e. The predicted molar refractivity (Wildman–Crippen MR) is 151 cm³/mol. The molecule has 1 aliphatic heterocycles. The van der Waals surface area contributed by atoms with Crippen LogP contribution in [0.5, 0.6) is 0 Å². The Morgan fingerprint density at radius 1 is 1.05 bits per heavy atom. The van der Waals surface area contributed by atoms with Crippen LogP contribution >= 0.6 is 39.3 Å². The Bertz CT molecular complexity index is 1430. The van der Waals surface area contributed by atoms with E-state index in [1.807, 2.05) is 48.5 Å². The van der Waals surface area contributed by atoms with E-state index in [0.717, 1.165) is 10.0 Å². The van der Waals surface area contributed by atoms with E-state index in [9.17, 15) is 14.9 Å². The molecule has 37 heavy (non-hydrogen) atoms. The smallest absolute Gasteiger partial charge is 0.337 e. The zero-order valence-electron chi connectivity index (χ0n) is 19.8. The lowest BCUT2D eigenvalue weighted by atomic mass is 9.81. The summed E-state index contributed by atoms with van der Waals surface area (Å²) in [4.78, 5) is 26.3. The number of hydrogen-bond donors (Lipinski definition) is 1. The Labute approximate surface area is 233 Å². The SMILES string of the molecule is CCOC(=O)C1=C(c2ccccc2)NC(SCC(=O)c2ccc(Br)cc2)=C(C#N)C1c1ccccc1Cl. The lowest BCUT2D eigenvalue weighted by Gasteiger charge is -2.31. The van der Waals surface area contributed by atoms with Crippen molar-refractivity contribution in [2.75, 3.05) is 12.4 Å². The summed E-state index contributed by atoms with van der Waals surface area (Å²) in [6, 6.07) is 25.9. The Morgan fingerprint density at radius 2 is 1.73 bits per heavy atom. The summed E-state index contributed by atoms with van der Waals surface area (Å²) in [7, 11) is 0. The highest BCUT2D eigenvalue weighted by Gasteiger charge is 2.38. The van der Waals surface area contributed by atoms with Gasteiger partial charge >= 0.3 is 5.97 Å². The molecule has 8 heteroatoms. The number of carbonyl (C=O) groups is 2. The van der Waals surface area contributed by atoms with E-state index in [1.165, 1.54) is 11.8 Å². The summed E-state index contributed by atoms with van der Waals surface area (Å²) < 4.78 is 6.32. The third-order valence-electron chi connectivity index (χ3n) is 5.74. The maximum atomic E-state index is 13.4. The van der Waals surface area contributed by atoms with Gasteiger partial charge in [-0.2, -0.15) is 5.26 Å². The minimum Gasteiger partial charge on any atom is -0.463 e. The molecule has 0 bridgehead atoms. The van der Waals surface area contributed by atoms with Crippen LogP contribution in [-0.2, 0) is 9.53 Å². The van der Waals surface area contributed by atoms with Gasteiger partial charge in [0.1, 0.15) is 0 Å². The molecule has 1 N–H and O–H groups in total. The Hall–Kier alpha value is -3.31. The molecular weight excluding hydrogens is 572 g/mol. The number of benzene rings is 3. The van der Waals surface area contributed by atoms with Crippen LogP contribution in [0.4, 0.5) is 0 Å². The van der Waals surface area contributed by atoms with E-state index in [1.54, 1.807) is 37.3 Å². The highest BCUT2D eigenvalue weighted by Crippen LogP contribution is 2.45. The molecule has 0 aromatic heterocycles. The molecular formula is C29H22BrClN2O3S. The molecule has 0 spiro atoms. The third-order valence-corrected chi connectivity index (χ3v) is 7.63. The van der Waals surface area contributed by atoms with Crippen LogP contribution < -0.4 is 5.32 Å². The number of esters is 1. The van der Waals surface area contributed by atoms with Crippen LogP contribution in [0, 0.1) is 11.3 Å². The van der Waals surface area contributed by atoms with Gasteiger partial charge in [-0.1, -0.05) is 100.0 Å². The van der Waals surface area contributed by atoms with E-state index in [4.69, 9.17) is 16.3 Å². The van der Waals surface area contributed by atoms with Gasteiger partial charge in [-0.05, 0) is 36.2 Å². The first-order valence-electron chi connectivity index (χ1n) is 11.5. The number of hydrogen-bond acceptors (Lipinski definition) is 6. The Balaban J connectivity index is 1.83. The van der Waals surface area contributed by atoms with Gasteiger partial charge in [0.15, 0.2) is 5.78 Å². The quantitative estimate of drug-likeness (QED) is 0.221. The predicted octanol–water partition coefficient (Wildman–Crippen LogP) is 7.11. The number of nitriles is 1. The molecule has 5 nitrogen and oxygen atoms in total. The van der Waals surface area contributed by atoms with Gasteiger partial charge in [0.05, 0.1) is 46.2 Å². The van der Waals surface area contributed by atoms with Crippen LogP contribution in [0.2, 0.25) is 5.02 Å². The van der Waals surface area contributed by atoms with Crippen molar-refractivity contribution in [3.8, 4) is 6.07 Å². The summed E-state index contributed by atoms with van der Waals surface area (Å²) in [5, 5.41) is 14.5. The first-order chi connectivity index (χ1) is 17.9. The maximum absolute atomic E-state index is 13.4. The fourth-order valence-corrected chi connectivity index (χ4v) is 5.48. The van der Waals surface area contributed by atoms with Gasteiger partial charge in [-0.3, -0.25) is 4.79 Å². The second-order valence-corrected chi connectivity index (χ2v) is 10.3. The molecule has 0 saturated carbocycles. The average molecular weight is 594 g/mol. The maximum Gasteiger partial charge on any atom is 0.337 e.